The van der Waals surface area contributed by atoms with Crippen LogP contribution in [0.4, 0.5) is 0 Å². The second-order valence-corrected chi connectivity index (χ2v) is 4.23. The molecule has 1 aromatic carbocycles. The lowest BCUT2D eigenvalue weighted by Crippen LogP contribution is -1.95. The molecule has 0 radical (unpaired) electrons. The predicted molar refractivity (Wildman–Crippen MR) is 74.2 cm³/mol. The molecule has 0 aliphatic carbocycles. The molecule has 0 N–H and O–H groups in total. The molecule has 0 atom stereocenters. The summed E-state index contributed by atoms with van der Waals surface area (Å²) in [7, 11) is 4.75. The SMILES string of the molecule is COc1cc(OC)c(-c2ocnc2CBr)cc1OC. The first kappa shape index (κ1) is 13.7. The zero-order valence-corrected chi connectivity index (χ0v) is 12.5. The van der Waals surface area contributed by atoms with Gasteiger partial charge in [-0.1, -0.05) is 15.9 Å². The van der Waals surface area contributed by atoms with E-state index in [1.54, 1.807) is 27.4 Å². The number of oxazole rings is 1. The summed E-state index contributed by atoms with van der Waals surface area (Å²) >= 11 is 3.38. The van der Waals surface area contributed by atoms with Crippen molar-refractivity contribution in [1.29, 1.82) is 0 Å². The fraction of sp³-hybridized carbons (Fsp3) is 0.308. The molecule has 2 aromatic rings. The number of halogens is 1. The van der Waals surface area contributed by atoms with Crippen molar-refractivity contribution < 1.29 is 18.6 Å². The molecule has 0 amide bonds. The van der Waals surface area contributed by atoms with Gasteiger partial charge in [-0.3, -0.25) is 0 Å². The van der Waals surface area contributed by atoms with Crippen LogP contribution in [0.25, 0.3) is 11.3 Å². The highest BCUT2D eigenvalue weighted by Gasteiger charge is 2.18. The quantitative estimate of drug-likeness (QED) is 0.789. The summed E-state index contributed by atoms with van der Waals surface area (Å²) in [5, 5.41) is 0.594. The van der Waals surface area contributed by atoms with Crippen molar-refractivity contribution in [1.82, 2.24) is 4.98 Å². The minimum atomic E-state index is 0.594. The van der Waals surface area contributed by atoms with E-state index in [-0.39, 0.29) is 0 Å². The van der Waals surface area contributed by atoms with Crippen LogP contribution in [0.3, 0.4) is 0 Å². The monoisotopic (exact) mass is 327 g/mol. The first-order valence-electron chi connectivity index (χ1n) is 5.53. The molecule has 1 heterocycles. The van der Waals surface area contributed by atoms with Gasteiger partial charge in [0.25, 0.3) is 0 Å². The molecule has 0 fully saturated rings. The molecule has 0 aliphatic heterocycles. The molecule has 102 valence electrons. The minimum Gasteiger partial charge on any atom is -0.496 e. The zero-order chi connectivity index (χ0) is 13.8. The Morgan fingerprint density at radius 3 is 2.26 bits per heavy atom. The average molecular weight is 328 g/mol. The molecule has 0 spiro atoms. The number of alkyl halides is 1. The van der Waals surface area contributed by atoms with Gasteiger partial charge in [-0.25, -0.2) is 4.98 Å². The Bertz CT molecular complexity index is 568. The summed E-state index contributed by atoms with van der Waals surface area (Å²) in [5.74, 6) is 2.49. The summed E-state index contributed by atoms with van der Waals surface area (Å²) in [6.45, 7) is 0. The lowest BCUT2D eigenvalue weighted by molar-refractivity contribution is 0.349. The average Bonchev–Trinajstić information content (AvgIpc) is 2.93. The smallest absolute Gasteiger partial charge is 0.181 e. The van der Waals surface area contributed by atoms with Crippen LogP contribution in [0.2, 0.25) is 0 Å². The maximum Gasteiger partial charge on any atom is 0.181 e. The largest absolute Gasteiger partial charge is 0.496 e. The third-order valence-corrected chi connectivity index (χ3v) is 3.25. The van der Waals surface area contributed by atoms with E-state index in [4.69, 9.17) is 18.6 Å². The third-order valence-electron chi connectivity index (χ3n) is 2.72. The molecule has 0 saturated carbocycles. The number of nitrogens with zero attached hydrogens (tertiary/aromatic N) is 1. The molecular weight excluding hydrogens is 314 g/mol. The lowest BCUT2D eigenvalue weighted by Gasteiger charge is -2.13. The molecule has 6 heteroatoms. The highest BCUT2D eigenvalue weighted by atomic mass is 79.9. The second-order valence-electron chi connectivity index (χ2n) is 3.67. The number of methoxy groups -OCH3 is 3. The Balaban J connectivity index is 2.61. The van der Waals surface area contributed by atoms with Gasteiger partial charge in [-0.15, -0.1) is 0 Å². The summed E-state index contributed by atoms with van der Waals surface area (Å²) in [6.07, 6.45) is 1.40. The lowest BCUT2D eigenvalue weighted by atomic mass is 10.1. The van der Waals surface area contributed by atoms with Crippen LogP contribution >= 0.6 is 15.9 Å². The van der Waals surface area contributed by atoms with E-state index in [1.807, 2.05) is 6.07 Å². The zero-order valence-electron chi connectivity index (χ0n) is 10.9. The van der Waals surface area contributed by atoms with Crippen LogP contribution in [0.5, 0.6) is 17.2 Å². The fourth-order valence-electron chi connectivity index (χ4n) is 1.79. The summed E-state index contributed by atoms with van der Waals surface area (Å²) in [6, 6.07) is 3.57. The van der Waals surface area contributed by atoms with Crippen molar-refractivity contribution in [3.8, 4) is 28.6 Å². The molecule has 0 aliphatic rings. The minimum absolute atomic E-state index is 0.594. The summed E-state index contributed by atoms with van der Waals surface area (Å²) in [5.41, 5.74) is 1.57. The molecule has 19 heavy (non-hydrogen) atoms. The Labute approximate surface area is 119 Å². The Kier molecular flexibility index (Phi) is 4.31. The van der Waals surface area contributed by atoms with Crippen molar-refractivity contribution in [3.63, 3.8) is 0 Å². The van der Waals surface area contributed by atoms with Crippen LogP contribution in [0.15, 0.2) is 22.9 Å². The first-order valence-corrected chi connectivity index (χ1v) is 6.66. The number of hydrogen-bond acceptors (Lipinski definition) is 5. The van der Waals surface area contributed by atoms with E-state index in [2.05, 4.69) is 20.9 Å². The van der Waals surface area contributed by atoms with Crippen molar-refractivity contribution in [2.75, 3.05) is 21.3 Å². The van der Waals surface area contributed by atoms with Gasteiger partial charge in [0.1, 0.15) is 5.75 Å². The Hall–Kier alpha value is -1.69. The van der Waals surface area contributed by atoms with Crippen LogP contribution < -0.4 is 14.2 Å². The van der Waals surface area contributed by atoms with Crippen molar-refractivity contribution in [3.05, 3.63) is 24.2 Å². The third kappa shape index (κ3) is 2.53. The molecule has 1 aromatic heterocycles. The van der Waals surface area contributed by atoms with E-state index in [9.17, 15) is 0 Å². The Morgan fingerprint density at radius 1 is 1.05 bits per heavy atom. The summed E-state index contributed by atoms with van der Waals surface area (Å²) < 4.78 is 21.4. The van der Waals surface area contributed by atoms with Gasteiger partial charge in [0.2, 0.25) is 0 Å². The normalized spacial score (nSPS) is 10.3. The van der Waals surface area contributed by atoms with E-state index in [0.29, 0.717) is 28.3 Å². The molecule has 0 bridgehead atoms. The van der Waals surface area contributed by atoms with E-state index >= 15 is 0 Å². The molecule has 0 unspecified atom stereocenters. The topological polar surface area (TPSA) is 53.7 Å². The number of hydrogen-bond donors (Lipinski definition) is 0. The predicted octanol–water partition coefficient (Wildman–Crippen LogP) is 3.26. The van der Waals surface area contributed by atoms with E-state index in [1.165, 1.54) is 6.39 Å². The van der Waals surface area contributed by atoms with E-state index < -0.39 is 0 Å². The molecule has 5 nitrogen and oxygen atoms in total. The maximum absolute atomic E-state index is 5.44. The number of aromatic nitrogens is 1. The molecule has 0 saturated heterocycles. The Morgan fingerprint density at radius 2 is 1.68 bits per heavy atom. The standard InChI is InChI=1S/C13H14BrNO4/c1-16-10-5-12(18-3)11(17-2)4-8(10)13-9(6-14)15-7-19-13/h4-5,7H,6H2,1-3H3. The number of ether oxygens (including phenoxy) is 3. The molecule has 2 rings (SSSR count). The van der Waals surface area contributed by atoms with Crippen LogP contribution in [0.1, 0.15) is 5.69 Å². The van der Waals surface area contributed by atoms with Gasteiger partial charge in [0, 0.05) is 11.4 Å². The van der Waals surface area contributed by atoms with Crippen molar-refractivity contribution in [2.45, 2.75) is 5.33 Å². The molecular formula is C13H14BrNO4. The van der Waals surface area contributed by atoms with Crippen molar-refractivity contribution in [2.24, 2.45) is 0 Å². The van der Waals surface area contributed by atoms with Gasteiger partial charge in [0.05, 0.1) is 32.6 Å². The van der Waals surface area contributed by atoms with Gasteiger partial charge in [0.15, 0.2) is 23.7 Å². The van der Waals surface area contributed by atoms with Gasteiger partial charge >= 0.3 is 0 Å². The van der Waals surface area contributed by atoms with Crippen molar-refractivity contribution >= 4 is 15.9 Å². The van der Waals surface area contributed by atoms with Crippen LogP contribution in [-0.2, 0) is 5.33 Å². The maximum atomic E-state index is 5.44. The number of benzene rings is 1. The fourth-order valence-corrected chi connectivity index (χ4v) is 2.19. The second kappa shape index (κ2) is 5.97. The van der Waals surface area contributed by atoms with Gasteiger partial charge < -0.3 is 18.6 Å². The van der Waals surface area contributed by atoms with Gasteiger partial charge in [-0.2, -0.15) is 0 Å². The van der Waals surface area contributed by atoms with E-state index in [0.717, 1.165) is 11.3 Å². The highest BCUT2D eigenvalue weighted by molar-refractivity contribution is 9.08. The number of rotatable bonds is 5. The van der Waals surface area contributed by atoms with Gasteiger partial charge in [-0.05, 0) is 6.07 Å². The van der Waals surface area contributed by atoms with Crippen LogP contribution in [0, 0.1) is 0 Å². The highest BCUT2D eigenvalue weighted by Crippen LogP contribution is 2.41. The summed E-state index contributed by atoms with van der Waals surface area (Å²) in [4.78, 5) is 4.14. The van der Waals surface area contributed by atoms with Crippen LogP contribution in [-0.4, -0.2) is 26.3 Å². The first-order chi connectivity index (χ1) is 9.24.